The Morgan fingerprint density at radius 2 is 1.90 bits per heavy atom. The number of pyridine rings is 1. The molecule has 0 aliphatic heterocycles. The van der Waals surface area contributed by atoms with Gasteiger partial charge in [-0.2, -0.15) is 0 Å². The minimum atomic E-state index is -3.86. The maximum Gasteiger partial charge on any atom is 0.264 e. The van der Waals surface area contributed by atoms with Gasteiger partial charge in [0.05, 0.1) is 0 Å². The second kappa shape index (κ2) is 5.71. The van der Waals surface area contributed by atoms with Gasteiger partial charge in [0.25, 0.3) is 10.0 Å². The maximum absolute atomic E-state index is 12.3. The number of nitrogens with zero attached hydrogens (tertiary/aromatic N) is 1. The molecule has 2 N–H and O–H groups in total. The van der Waals surface area contributed by atoms with E-state index in [0.717, 1.165) is 0 Å². The third-order valence-electron chi connectivity index (χ3n) is 2.43. The molecule has 0 aliphatic carbocycles. The van der Waals surface area contributed by atoms with Crippen LogP contribution in [0.5, 0.6) is 5.75 Å². The molecule has 20 heavy (non-hydrogen) atoms. The molecule has 0 aliphatic rings. The van der Waals surface area contributed by atoms with E-state index in [-0.39, 0.29) is 16.5 Å². The number of aromatic nitrogens is 1. The molecule has 0 bridgehead atoms. The minimum absolute atomic E-state index is 0.0505. The molecule has 1 aromatic carbocycles. The van der Waals surface area contributed by atoms with Crippen molar-refractivity contribution in [3.8, 4) is 5.75 Å². The Balaban J connectivity index is 2.46. The zero-order valence-corrected chi connectivity index (χ0v) is 14.3. The fraction of sp³-hybridized carbons (Fsp3) is 0.0833. The summed E-state index contributed by atoms with van der Waals surface area (Å²) in [5.41, 5.74) is 0.591. The van der Waals surface area contributed by atoms with Crippen molar-refractivity contribution in [3.05, 3.63) is 45.0 Å². The number of sulfonamides is 1. The van der Waals surface area contributed by atoms with Crippen molar-refractivity contribution in [3.63, 3.8) is 0 Å². The summed E-state index contributed by atoms with van der Waals surface area (Å²) >= 11 is 6.41. The lowest BCUT2D eigenvalue weighted by atomic mass is 10.3. The summed E-state index contributed by atoms with van der Waals surface area (Å²) in [6.07, 6.45) is 0. The Bertz CT molecular complexity index is 763. The summed E-state index contributed by atoms with van der Waals surface area (Å²) in [6.45, 7) is 1.70. The van der Waals surface area contributed by atoms with Crippen molar-refractivity contribution in [2.24, 2.45) is 0 Å². The average molecular weight is 422 g/mol. The lowest BCUT2D eigenvalue weighted by Crippen LogP contribution is -2.15. The number of hydrogen-bond acceptors (Lipinski definition) is 4. The second-order valence-electron chi connectivity index (χ2n) is 4.00. The van der Waals surface area contributed by atoms with Crippen molar-refractivity contribution in [2.45, 2.75) is 11.8 Å². The van der Waals surface area contributed by atoms with Crippen molar-refractivity contribution in [1.29, 1.82) is 0 Å². The van der Waals surface area contributed by atoms with Crippen molar-refractivity contribution in [2.75, 3.05) is 4.72 Å². The zero-order valence-electron chi connectivity index (χ0n) is 10.3. The van der Waals surface area contributed by atoms with Gasteiger partial charge < -0.3 is 5.11 Å². The van der Waals surface area contributed by atoms with Gasteiger partial charge in [0.2, 0.25) is 0 Å². The Hall–Kier alpha value is -1.12. The smallest absolute Gasteiger partial charge is 0.264 e. The fourth-order valence-corrected chi connectivity index (χ4v) is 4.01. The second-order valence-corrected chi connectivity index (χ2v) is 7.42. The Kier molecular flexibility index (Phi) is 4.36. The lowest BCUT2D eigenvalue weighted by molar-refractivity contribution is 0.475. The first-order valence-corrected chi connectivity index (χ1v) is 8.51. The molecule has 0 unspecified atom stereocenters. The SMILES string of the molecule is Cc1ccc(O)c(NS(=O)(=O)c2cc(Br)ccc2Br)n1. The number of rotatable bonds is 3. The molecule has 0 spiro atoms. The third-order valence-corrected chi connectivity index (χ3v) is 5.25. The van der Waals surface area contributed by atoms with E-state index in [1.54, 1.807) is 25.1 Å². The Morgan fingerprint density at radius 3 is 2.60 bits per heavy atom. The van der Waals surface area contributed by atoms with Gasteiger partial charge in [-0.05, 0) is 53.2 Å². The monoisotopic (exact) mass is 420 g/mol. The van der Waals surface area contributed by atoms with Gasteiger partial charge in [-0.3, -0.25) is 4.72 Å². The van der Waals surface area contributed by atoms with E-state index in [0.29, 0.717) is 14.6 Å². The summed E-state index contributed by atoms with van der Waals surface area (Å²) in [5, 5.41) is 9.66. The van der Waals surface area contributed by atoms with Crippen LogP contribution in [-0.4, -0.2) is 18.5 Å². The van der Waals surface area contributed by atoms with Crippen LogP contribution >= 0.6 is 31.9 Å². The Labute approximate surface area is 133 Å². The fourth-order valence-electron chi connectivity index (χ4n) is 1.49. The van der Waals surface area contributed by atoms with Gasteiger partial charge in [-0.15, -0.1) is 0 Å². The highest BCUT2D eigenvalue weighted by Crippen LogP contribution is 2.29. The minimum Gasteiger partial charge on any atom is -0.504 e. The first kappa shape index (κ1) is 15.3. The molecule has 106 valence electrons. The van der Waals surface area contributed by atoms with E-state index >= 15 is 0 Å². The summed E-state index contributed by atoms with van der Waals surface area (Å²) in [4.78, 5) is 4.02. The van der Waals surface area contributed by atoms with E-state index in [1.165, 1.54) is 12.1 Å². The van der Waals surface area contributed by atoms with Crippen molar-refractivity contribution >= 4 is 47.7 Å². The van der Waals surface area contributed by atoms with Crippen LogP contribution in [-0.2, 0) is 10.0 Å². The largest absolute Gasteiger partial charge is 0.504 e. The maximum atomic E-state index is 12.3. The van der Waals surface area contributed by atoms with E-state index < -0.39 is 10.0 Å². The number of halogens is 2. The quantitative estimate of drug-likeness (QED) is 0.795. The topological polar surface area (TPSA) is 79.3 Å². The highest BCUT2D eigenvalue weighted by Gasteiger charge is 2.20. The summed E-state index contributed by atoms with van der Waals surface area (Å²) in [7, 11) is -3.86. The van der Waals surface area contributed by atoms with Gasteiger partial charge in [-0.25, -0.2) is 13.4 Å². The lowest BCUT2D eigenvalue weighted by Gasteiger charge is -2.11. The van der Waals surface area contributed by atoms with Crippen LogP contribution in [0.2, 0.25) is 0 Å². The number of aromatic hydroxyl groups is 1. The number of aryl methyl sites for hydroxylation is 1. The van der Waals surface area contributed by atoms with Gasteiger partial charge in [-0.1, -0.05) is 15.9 Å². The highest BCUT2D eigenvalue weighted by molar-refractivity contribution is 9.11. The van der Waals surface area contributed by atoms with E-state index in [9.17, 15) is 13.5 Å². The third kappa shape index (κ3) is 3.31. The van der Waals surface area contributed by atoms with Crippen LogP contribution in [0.25, 0.3) is 0 Å². The number of benzene rings is 1. The van der Waals surface area contributed by atoms with Crippen molar-refractivity contribution < 1.29 is 13.5 Å². The molecular weight excluding hydrogens is 412 g/mol. The molecule has 0 radical (unpaired) electrons. The average Bonchev–Trinajstić information content (AvgIpc) is 2.36. The predicted molar refractivity (Wildman–Crippen MR) is 83.3 cm³/mol. The molecule has 0 saturated heterocycles. The molecule has 1 aromatic heterocycles. The number of anilines is 1. The van der Waals surface area contributed by atoms with Gasteiger partial charge >= 0.3 is 0 Å². The van der Waals surface area contributed by atoms with Crippen LogP contribution in [0.3, 0.4) is 0 Å². The molecule has 1 heterocycles. The predicted octanol–water partition coefficient (Wildman–Crippen LogP) is 3.42. The molecule has 2 rings (SSSR count). The van der Waals surface area contributed by atoms with Crippen LogP contribution in [0, 0.1) is 6.92 Å². The van der Waals surface area contributed by atoms with Gasteiger partial charge in [0.1, 0.15) is 4.90 Å². The molecule has 0 atom stereocenters. The van der Waals surface area contributed by atoms with E-state index in [1.807, 2.05) is 0 Å². The molecule has 2 aromatic rings. The molecule has 0 fully saturated rings. The van der Waals surface area contributed by atoms with Crippen molar-refractivity contribution in [1.82, 2.24) is 4.98 Å². The highest BCUT2D eigenvalue weighted by atomic mass is 79.9. The molecular formula is C12H10Br2N2O3S. The van der Waals surface area contributed by atoms with Crippen LogP contribution in [0.15, 0.2) is 44.2 Å². The van der Waals surface area contributed by atoms with Gasteiger partial charge in [0, 0.05) is 14.6 Å². The van der Waals surface area contributed by atoms with Crippen LogP contribution in [0.1, 0.15) is 5.69 Å². The summed E-state index contributed by atoms with van der Waals surface area (Å²) < 4.78 is 28.0. The molecule has 5 nitrogen and oxygen atoms in total. The zero-order chi connectivity index (χ0) is 14.9. The number of hydrogen-bond donors (Lipinski definition) is 2. The van der Waals surface area contributed by atoms with E-state index in [4.69, 9.17) is 0 Å². The van der Waals surface area contributed by atoms with Crippen LogP contribution < -0.4 is 4.72 Å². The Morgan fingerprint density at radius 1 is 1.20 bits per heavy atom. The normalized spacial score (nSPS) is 11.3. The summed E-state index contributed by atoms with van der Waals surface area (Å²) in [6, 6.07) is 7.76. The molecule has 0 saturated carbocycles. The number of nitrogens with one attached hydrogen (secondary N) is 1. The summed E-state index contributed by atoms with van der Waals surface area (Å²) in [5.74, 6) is -0.331. The molecule has 8 heteroatoms. The van der Waals surface area contributed by atoms with Gasteiger partial charge in [0.15, 0.2) is 11.6 Å². The van der Waals surface area contributed by atoms with Crippen LogP contribution in [0.4, 0.5) is 5.82 Å². The first-order chi connectivity index (χ1) is 9.29. The van der Waals surface area contributed by atoms with E-state index in [2.05, 4.69) is 41.6 Å². The molecule has 0 amide bonds. The first-order valence-electron chi connectivity index (χ1n) is 5.44. The standard InChI is InChI=1S/C12H10Br2N2O3S/c1-7-2-5-10(17)12(15-7)16-20(18,19)11-6-8(13)3-4-9(11)14/h2-6,17H,1H3,(H,15,16).